The number of methoxy groups -OCH3 is 1. The molecule has 1 aromatic heterocycles. The molecule has 0 fully saturated rings. The van der Waals surface area contributed by atoms with Gasteiger partial charge in [-0.1, -0.05) is 41.7 Å². The van der Waals surface area contributed by atoms with Crippen molar-refractivity contribution < 1.29 is 24.5 Å². The van der Waals surface area contributed by atoms with E-state index in [4.69, 9.17) is 14.9 Å². The van der Waals surface area contributed by atoms with Gasteiger partial charge in [0, 0.05) is 30.1 Å². The number of nitrogens with one attached hydrogen (secondary N) is 1. The van der Waals surface area contributed by atoms with Crippen LogP contribution in [0.2, 0.25) is 0 Å². The Bertz CT molecular complexity index is 1120. The number of carboxylic acid groups (broad SMARTS) is 2. The topological polar surface area (TPSA) is 120 Å². The molecule has 3 aromatic rings. The molecule has 0 unspecified atom stereocenters. The van der Waals surface area contributed by atoms with Gasteiger partial charge in [-0.25, -0.2) is 9.59 Å². The van der Waals surface area contributed by atoms with Crippen molar-refractivity contribution in [3.8, 4) is 17.0 Å². The summed E-state index contributed by atoms with van der Waals surface area (Å²) < 4.78 is 5.21. The van der Waals surface area contributed by atoms with E-state index in [1.807, 2.05) is 30.3 Å². The fourth-order valence-corrected chi connectivity index (χ4v) is 3.88. The molecule has 0 aliphatic carbocycles. The van der Waals surface area contributed by atoms with Gasteiger partial charge in [0.1, 0.15) is 5.75 Å². The summed E-state index contributed by atoms with van der Waals surface area (Å²) in [5, 5.41) is 15.6. The maximum atomic E-state index is 11.9. The van der Waals surface area contributed by atoms with Crippen LogP contribution in [0.3, 0.4) is 0 Å². The highest BCUT2D eigenvalue weighted by Crippen LogP contribution is 2.25. The molecule has 0 aliphatic heterocycles. The van der Waals surface area contributed by atoms with Crippen LogP contribution in [0.1, 0.15) is 10.4 Å². The van der Waals surface area contributed by atoms with Gasteiger partial charge in [0.2, 0.25) is 0 Å². The summed E-state index contributed by atoms with van der Waals surface area (Å²) in [7, 11) is 3.78. The minimum absolute atomic E-state index is 0.00208. The number of rotatable bonds is 10. The number of carbonyl (C=O) groups is 2. The molecule has 0 amide bonds. The lowest BCUT2D eigenvalue weighted by Gasteiger charge is -2.16. The summed E-state index contributed by atoms with van der Waals surface area (Å²) in [6.45, 7) is 1.92. The second-order valence-corrected chi connectivity index (χ2v) is 8.41. The molecule has 0 aliphatic rings. The quantitative estimate of drug-likeness (QED) is 0.377. The molecule has 0 atom stereocenters. The van der Waals surface area contributed by atoms with Gasteiger partial charge in [-0.05, 0) is 55.3 Å². The maximum Gasteiger partial charge on any atom is 0.328 e. The van der Waals surface area contributed by atoms with Crippen molar-refractivity contribution in [1.29, 1.82) is 0 Å². The molecule has 2 aromatic carbocycles. The Balaban J connectivity index is 0.000000440. The molecule has 9 heteroatoms. The third-order valence-corrected chi connectivity index (χ3v) is 5.76. The van der Waals surface area contributed by atoms with E-state index < -0.39 is 11.9 Å². The zero-order valence-electron chi connectivity index (χ0n) is 19.1. The van der Waals surface area contributed by atoms with Crippen molar-refractivity contribution in [2.24, 2.45) is 0 Å². The van der Waals surface area contributed by atoms with Gasteiger partial charge in [-0.15, -0.1) is 0 Å². The zero-order valence-corrected chi connectivity index (χ0v) is 19.9. The number of thiazole rings is 1. The minimum atomic E-state index is -1.26. The van der Waals surface area contributed by atoms with Crippen LogP contribution in [0.25, 0.3) is 11.3 Å². The van der Waals surface area contributed by atoms with Gasteiger partial charge in [0.05, 0.1) is 12.8 Å². The highest BCUT2D eigenvalue weighted by atomic mass is 32.1. The van der Waals surface area contributed by atoms with Crippen LogP contribution >= 0.6 is 11.3 Å². The number of carboxylic acids is 2. The lowest BCUT2D eigenvalue weighted by atomic mass is 10.1. The molecule has 0 bridgehead atoms. The first-order chi connectivity index (χ1) is 16.3. The number of nitrogens with zero attached hydrogens (tertiary/aromatic N) is 1. The number of aliphatic carboxylic acids is 2. The Kier molecular flexibility index (Phi) is 10.8. The Labute approximate surface area is 201 Å². The molecule has 180 valence electrons. The third-order valence-electron chi connectivity index (χ3n) is 4.81. The molecule has 0 saturated heterocycles. The smallest absolute Gasteiger partial charge is 0.328 e. The highest BCUT2D eigenvalue weighted by Gasteiger charge is 2.11. The average molecular weight is 485 g/mol. The fraction of sp³-hybridized carbons (Fsp3) is 0.240. The van der Waals surface area contributed by atoms with E-state index in [0.717, 1.165) is 47.8 Å². The van der Waals surface area contributed by atoms with Gasteiger partial charge in [-0.2, -0.15) is 0 Å². The van der Waals surface area contributed by atoms with Crippen molar-refractivity contribution >= 4 is 23.3 Å². The maximum absolute atomic E-state index is 11.9. The Morgan fingerprint density at radius 1 is 0.971 bits per heavy atom. The van der Waals surface area contributed by atoms with Crippen molar-refractivity contribution in [1.82, 2.24) is 9.88 Å². The second-order valence-electron chi connectivity index (χ2n) is 7.34. The number of hydrogen-bond acceptors (Lipinski definition) is 6. The summed E-state index contributed by atoms with van der Waals surface area (Å²) in [5.41, 5.74) is 3.30. The van der Waals surface area contributed by atoms with Gasteiger partial charge in [0.25, 0.3) is 0 Å². The Morgan fingerprint density at radius 2 is 1.56 bits per heavy atom. The lowest BCUT2D eigenvalue weighted by molar-refractivity contribution is -0.134. The van der Waals surface area contributed by atoms with Crippen molar-refractivity contribution in [3.63, 3.8) is 0 Å². The van der Waals surface area contributed by atoms with Crippen LogP contribution < -0.4 is 9.61 Å². The standard InChI is InChI=1S/C21H24N2O2S.C4H4O4/c1-23(14-12-16-6-4-3-5-7-16)15-13-19-20(22-21(24)26-19)17-8-10-18(25-2)11-9-17;5-3(6)1-2-4(7)8/h3-11H,12-15H2,1-2H3,(H,22,24);1-2H,(H,5,6)(H,7,8)/b;2-1-. The Morgan fingerprint density at radius 3 is 2.12 bits per heavy atom. The predicted octanol–water partition coefficient (Wildman–Crippen LogP) is 3.54. The SMILES string of the molecule is COc1ccc(-c2[nH]c(=O)sc2CCN(C)CCc2ccccc2)cc1.O=C(O)/C=C\C(=O)O. The van der Waals surface area contributed by atoms with E-state index in [2.05, 4.69) is 41.2 Å². The van der Waals surface area contributed by atoms with Gasteiger partial charge in [-0.3, -0.25) is 4.79 Å². The van der Waals surface area contributed by atoms with Crippen LogP contribution in [0, 0.1) is 0 Å². The summed E-state index contributed by atoms with van der Waals surface area (Å²) in [5.74, 6) is -1.70. The van der Waals surface area contributed by atoms with Gasteiger partial charge < -0.3 is 24.8 Å². The molecule has 0 radical (unpaired) electrons. The first-order valence-corrected chi connectivity index (χ1v) is 11.3. The molecule has 34 heavy (non-hydrogen) atoms. The number of aromatic amines is 1. The van der Waals surface area contributed by atoms with E-state index in [0.29, 0.717) is 12.2 Å². The zero-order chi connectivity index (χ0) is 24.9. The van der Waals surface area contributed by atoms with Crippen LogP contribution in [0.4, 0.5) is 0 Å². The largest absolute Gasteiger partial charge is 0.497 e. The van der Waals surface area contributed by atoms with E-state index >= 15 is 0 Å². The molecular weight excluding hydrogens is 456 g/mol. The molecular formula is C25H28N2O6S. The van der Waals surface area contributed by atoms with Crippen LogP contribution in [0.5, 0.6) is 5.75 Å². The highest BCUT2D eigenvalue weighted by molar-refractivity contribution is 7.09. The first-order valence-electron chi connectivity index (χ1n) is 10.5. The van der Waals surface area contributed by atoms with Crippen molar-refractivity contribution in [2.45, 2.75) is 12.8 Å². The molecule has 8 nitrogen and oxygen atoms in total. The average Bonchev–Trinajstić information content (AvgIpc) is 3.21. The van der Waals surface area contributed by atoms with E-state index in [1.54, 1.807) is 7.11 Å². The monoisotopic (exact) mass is 484 g/mol. The first kappa shape index (κ1) is 26.6. The van der Waals surface area contributed by atoms with Gasteiger partial charge in [0.15, 0.2) is 0 Å². The normalized spacial score (nSPS) is 10.7. The third kappa shape index (κ3) is 9.43. The molecule has 3 rings (SSSR count). The second kappa shape index (κ2) is 13.8. The molecule has 3 N–H and O–H groups in total. The van der Waals surface area contributed by atoms with Crippen LogP contribution in [-0.4, -0.2) is 59.3 Å². The summed E-state index contributed by atoms with van der Waals surface area (Å²) >= 11 is 1.31. The van der Waals surface area contributed by atoms with Crippen LogP contribution in [0.15, 0.2) is 71.5 Å². The number of benzene rings is 2. The van der Waals surface area contributed by atoms with E-state index in [-0.39, 0.29) is 4.87 Å². The number of likely N-dealkylation sites (N-methyl/N-ethyl adjacent to an activating group) is 1. The molecule has 0 saturated carbocycles. The minimum Gasteiger partial charge on any atom is -0.497 e. The Hall–Kier alpha value is -3.69. The summed E-state index contributed by atoms with van der Waals surface area (Å²) in [6.07, 6.45) is 3.01. The molecule has 1 heterocycles. The van der Waals surface area contributed by atoms with Crippen molar-refractivity contribution in [3.05, 3.63) is 86.9 Å². The predicted molar refractivity (Wildman–Crippen MR) is 133 cm³/mol. The number of hydrogen-bond donors (Lipinski definition) is 3. The van der Waals surface area contributed by atoms with Crippen LogP contribution in [-0.2, 0) is 22.4 Å². The van der Waals surface area contributed by atoms with E-state index in [1.165, 1.54) is 16.9 Å². The lowest BCUT2D eigenvalue weighted by Crippen LogP contribution is -2.23. The van der Waals surface area contributed by atoms with Crippen molar-refractivity contribution in [2.75, 3.05) is 27.2 Å². The summed E-state index contributed by atoms with van der Waals surface area (Å²) in [4.78, 5) is 37.4. The number of H-pyrrole nitrogens is 1. The van der Waals surface area contributed by atoms with E-state index in [9.17, 15) is 14.4 Å². The summed E-state index contributed by atoms with van der Waals surface area (Å²) in [6, 6.07) is 18.3. The van der Waals surface area contributed by atoms with Gasteiger partial charge >= 0.3 is 16.8 Å². The number of ether oxygens (including phenoxy) is 1. The fourth-order valence-electron chi connectivity index (χ4n) is 3.04. The molecule has 0 spiro atoms. The number of aromatic nitrogens is 1.